The minimum Gasteiger partial charge on any atom is -0.311 e. The van der Waals surface area contributed by atoms with Crippen molar-refractivity contribution in [3.63, 3.8) is 0 Å². The van der Waals surface area contributed by atoms with Crippen molar-refractivity contribution in [2.45, 2.75) is 38.4 Å². The molecule has 5 nitrogen and oxygen atoms in total. The highest BCUT2D eigenvalue weighted by molar-refractivity contribution is 5.34. The van der Waals surface area contributed by atoms with E-state index in [9.17, 15) is 14.5 Å². The molecular formula is C14H20FN3O2. The summed E-state index contributed by atoms with van der Waals surface area (Å²) in [5.41, 5.74) is 0.241. The van der Waals surface area contributed by atoms with Crippen molar-refractivity contribution in [3.8, 4) is 0 Å². The number of benzene rings is 1. The van der Waals surface area contributed by atoms with E-state index >= 15 is 0 Å². The van der Waals surface area contributed by atoms with Gasteiger partial charge < -0.3 is 5.32 Å². The van der Waals surface area contributed by atoms with E-state index in [4.69, 9.17) is 0 Å². The summed E-state index contributed by atoms with van der Waals surface area (Å²) in [6.45, 7) is 3.48. The van der Waals surface area contributed by atoms with E-state index in [-0.39, 0.29) is 0 Å². The van der Waals surface area contributed by atoms with Gasteiger partial charge in [0.1, 0.15) is 0 Å². The van der Waals surface area contributed by atoms with Crippen LogP contribution in [0.15, 0.2) is 18.2 Å². The molecule has 1 aliphatic carbocycles. The summed E-state index contributed by atoms with van der Waals surface area (Å²) >= 11 is 0. The van der Waals surface area contributed by atoms with Crippen molar-refractivity contribution >= 4 is 5.69 Å². The molecule has 1 N–H and O–H groups in total. The zero-order chi connectivity index (χ0) is 14.7. The van der Waals surface area contributed by atoms with Gasteiger partial charge in [-0.15, -0.1) is 0 Å². The number of nitro groups is 1. The van der Waals surface area contributed by atoms with Gasteiger partial charge in [0.2, 0.25) is 5.82 Å². The van der Waals surface area contributed by atoms with Crippen LogP contribution in [0.3, 0.4) is 0 Å². The summed E-state index contributed by atoms with van der Waals surface area (Å²) in [6.07, 6.45) is 2.54. The van der Waals surface area contributed by atoms with Crippen LogP contribution in [0.2, 0.25) is 0 Å². The van der Waals surface area contributed by atoms with E-state index in [1.165, 1.54) is 25.0 Å². The number of hydrogen-bond donors (Lipinski definition) is 1. The van der Waals surface area contributed by atoms with E-state index in [0.29, 0.717) is 18.6 Å². The molecule has 110 valence electrons. The third kappa shape index (κ3) is 3.74. The van der Waals surface area contributed by atoms with E-state index in [0.717, 1.165) is 12.1 Å². The van der Waals surface area contributed by atoms with Crippen LogP contribution in [0, 0.1) is 15.9 Å². The minimum absolute atomic E-state index is 0.422. The third-order valence-corrected chi connectivity index (χ3v) is 3.80. The molecule has 1 unspecified atom stereocenters. The molecule has 0 aliphatic heterocycles. The largest absolute Gasteiger partial charge is 0.311 e. The monoisotopic (exact) mass is 281 g/mol. The van der Waals surface area contributed by atoms with E-state index in [2.05, 4.69) is 24.2 Å². The van der Waals surface area contributed by atoms with E-state index < -0.39 is 16.4 Å². The average Bonchev–Trinajstić information content (AvgIpc) is 3.21. The quantitative estimate of drug-likeness (QED) is 0.615. The Morgan fingerprint density at radius 1 is 1.55 bits per heavy atom. The first-order chi connectivity index (χ1) is 9.49. The van der Waals surface area contributed by atoms with Crippen LogP contribution in [-0.2, 0) is 6.54 Å². The van der Waals surface area contributed by atoms with Crippen molar-refractivity contribution in [1.82, 2.24) is 10.2 Å². The van der Waals surface area contributed by atoms with Gasteiger partial charge in [-0.3, -0.25) is 15.0 Å². The number of nitrogens with one attached hydrogen (secondary N) is 1. The van der Waals surface area contributed by atoms with Gasteiger partial charge in [0.25, 0.3) is 0 Å². The maximum Gasteiger partial charge on any atom is 0.304 e. The van der Waals surface area contributed by atoms with Crippen LogP contribution < -0.4 is 5.32 Å². The van der Waals surface area contributed by atoms with Crippen LogP contribution >= 0.6 is 0 Å². The summed E-state index contributed by atoms with van der Waals surface area (Å²) in [7, 11) is 2.12. The predicted octanol–water partition coefficient (Wildman–Crippen LogP) is 2.31. The van der Waals surface area contributed by atoms with Crippen LogP contribution in [-0.4, -0.2) is 35.5 Å². The van der Waals surface area contributed by atoms with Crippen LogP contribution in [0.1, 0.15) is 25.3 Å². The number of rotatable bonds is 7. The Kier molecular flexibility index (Phi) is 4.67. The molecule has 0 heterocycles. The molecule has 1 aromatic rings. The molecule has 1 aromatic carbocycles. The van der Waals surface area contributed by atoms with Crippen molar-refractivity contribution in [3.05, 3.63) is 39.7 Å². The summed E-state index contributed by atoms with van der Waals surface area (Å²) < 4.78 is 13.5. The lowest BCUT2D eigenvalue weighted by atomic mass is 10.2. The predicted molar refractivity (Wildman–Crippen MR) is 75.0 cm³/mol. The highest BCUT2D eigenvalue weighted by atomic mass is 19.1. The summed E-state index contributed by atoms with van der Waals surface area (Å²) in [4.78, 5) is 12.2. The zero-order valence-corrected chi connectivity index (χ0v) is 11.8. The van der Waals surface area contributed by atoms with Crippen LogP contribution in [0.25, 0.3) is 0 Å². The number of likely N-dealkylation sites (N-methyl/N-ethyl adjacent to an activating group) is 1. The number of halogens is 1. The fourth-order valence-electron chi connectivity index (χ4n) is 2.22. The number of nitrogens with zero attached hydrogens (tertiary/aromatic N) is 2. The first kappa shape index (κ1) is 14.9. The summed E-state index contributed by atoms with van der Waals surface area (Å²) in [6, 6.07) is 5.16. The summed E-state index contributed by atoms with van der Waals surface area (Å²) in [5, 5.41) is 13.8. The topological polar surface area (TPSA) is 58.4 Å². The fraction of sp³-hybridized carbons (Fsp3) is 0.571. The Bertz CT molecular complexity index is 491. The average molecular weight is 281 g/mol. The second kappa shape index (κ2) is 6.28. The molecule has 0 saturated heterocycles. The smallest absolute Gasteiger partial charge is 0.304 e. The Labute approximate surface area is 117 Å². The van der Waals surface area contributed by atoms with Gasteiger partial charge in [-0.25, -0.2) is 0 Å². The van der Waals surface area contributed by atoms with Crippen molar-refractivity contribution < 1.29 is 9.31 Å². The van der Waals surface area contributed by atoms with Crippen LogP contribution in [0.4, 0.5) is 10.1 Å². The molecule has 0 amide bonds. The second-order valence-corrected chi connectivity index (χ2v) is 5.42. The van der Waals surface area contributed by atoms with Gasteiger partial charge in [-0.1, -0.05) is 6.07 Å². The van der Waals surface area contributed by atoms with Gasteiger partial charge in [0.05, 0.1) is 4.92 Å². The van der Waals surface area contributed by atoms with Gasteiger partial charge >= 0.3 is 5.69 Å². The Balaban J connectivity index is 1.81. The SMILES string of the molecule is CC(CNCc1ccc([N+](=O)[O-])c(F)c1)N(C)C1CC1. The van der Waals surface area contributed by atoms with Crippen LogP contribution in [0.5, 0.6) is 0 Å². The first-order valence-electron chi connectivity index (χ1n) is 6.84. The van der Waals surface area contributed by atoms with Gasteiger partial charge in [-0.05, 0) is 38.4 Å². The third-order valence-electron chi connectivity index (χ3n) is 3.80. The lowest BCUT2D eigenvalue weighted by Gasteiger charge is -2.24. The molecule has 1 atom stereocenters. The molecule has 0 radical (unpaired) electrons. The minimum atomic E-state index is -0.780. The normalized spacial score (nSPS) is 16.4. The first-order valence-corrected chi connectivity index (χ1v) is 6.84. The maximum atomic E-state index is 13.5. The Morgan fingerprint density at radius 2 is 2.25 bits per heavy atom. The number of hydrogen-bond acceptors (Lipinski definition) is 4. The number of nitro benzene ring substituents is 1. The molecule has 6 heteroatoms. The molecule has 0 spiro atoms. The Morgan fingerprint density at radius 3 is 2.80 bits per heavy atom. The summed E-state index contributed by atoms with van der Waals surface area (Å²) in [5.74, 6) is -0.780. The zero-order valence-electron chi connectivity index (χ0n) is 11.8. The molecule has 1 saturated carbocycles. The molecule has 20 heavy (non-hydrogen) atoms. The highest BCUT2D eigenvalue weighted by Gasteiger charge is 2.28. The van der Waals surface area contributed by atoms with Crippen molar-refractivity contribution in [2.75, 3.05) is 13.6 Å². The molecule has 1 aliphatic rings. The lowest BCUT2D eigenvalue weighted by molar-refractivity contribution is -0.387. The van der Waals surface area contributed by atoms with Gasteiger partial charge in [-0.2, -0.15) is 4.39 Å². The maximum absolute atomic E-state index is 13.5. The Hall–Kier alpha value is -1.53. The second-order valence-electron chi connectivity index (χ2n) is 5.42. The molecule has 0 bridgehead atoms. The molecule has 1 fully saturated rings. The van der Waals surface area contributed by atoms with Gasteiger partial charge in [0.15, 0.2) is 0 Å². The fourth-order valence-corrected chi connectivity index (χ4v) is 2.22. The lowest BCUT2D eigenvalue weighted by Crippen LogP contribution is -2.38. The van der Waals surface area contributed by atoms with E-state index in [1.807, 2.05) is 0 Å². The van der Waals surface area contributed by atoms with Gasteiger partial charge in [0, 0.05) is 31.2 Å². The molecular weight excluding hydrogens is 261 g/mol. The molecule has 2 rings (SSSR count). The van der Waals surface area contributed by atoms with E-state index in [1.54, 1.807) is 6.07 Å². The standard InChI is InChI=1S/C14H20FN3O2/c1-10(17(2)12-4-5-12)8-16-9-11-3-6-14(18(19)20)13(15)7-11/h3,6-7,10,12,16H,4-5,8-9H2,1-2H3. The molecule has 0 aromatic heterocycles. The van der Waals surface area contributed by atoms with Crippen molar-refractivity contribution in [1.29, 1.82) is 0 Å². The van der Waals surface area contributed by atoms with Crippen molar-refractivity contribution in [2.24, 2.45) is 0 Å². The highest BCUT2D eigenvalue weighted by Crippen LogP contribution is 2.26.